The van der Waals surface area contributed by atoms with Crippen molar-refractivity contribution in [3.8, 4) is 0 Å². The van der Waals surface area contributed by atoms with E-state index >= 15 is 0 Å². The molecule has 2 aromatic rings. The van der Waals surface area contributed by atoms with Gasteiger partial charge in [0.1, 0.15) is 16.2 Å². The summed E-state index contributed by atoms with van der Waals surface area (Å²) in [6.07, 6.45) is 5.13. The molecule has 0 atom stereocenters. The maximum atomic E-state index is 12.7. The Bertz CT molecular complexity index is 976. The molecule has 1 aliphatic carbocycles. The third-order valence-corrected chi connectivity index (χ3v) is 5.89. The minimum atomic E-state index is -0.428. The Kier molecular flexibility index (Phi) is 5.98. The van der Waals surface area contributed by atoms with Gasteiger partial charge in [-0.3, -0.25) is 18.7 Å². The van der Waals surface area contributed by atoms with E-state index in [9.17, 15) is 14.4 Å². The van der Waals surface area contributed by atoms with E-state index in [1.807, 2.05) is 6.92 Å². The Labute approximate surface area is 161 Å². The fourth-order valence-electron chi connectivity index (χ4n) is 3.37. The maximum absolute atomic E-state index is 12.7. The molecular formula is C18H25N5O3S. The molecule has 0 unspecified atom stereocenters. The molecule has 1 aliphatic rings. The van der Waals surface area contributed by atoms with Crippen molar-refractivity contribution in [3.05, 3.63) is 26.7 Å². The average molecular weight is 391 g/mol. The van der Waals surface area contributed by atoms with Crippen molar-refractivity contribution in [2.75, 3.05) is 12.3 Å². The highest BCUT2D eigenvalue weighted by Gasteiger charge is 2.24. The zero-order valence-electron chi connectivity index (χ0n) is 15.9. The first-order chi connectivity index (χ1) is 12.9. The molecule has 8 nitrogen and oxygen atoms in total. The monoisotopic (exact) mass is 391 g/mol. The summed E-state index contributed by atoms with van der Waals surface area (Å²) in [5.74, 6) is 0.974. The number of aromatic nitrogens is 4. The molecular weight excluding hydrogens is 366 g/mol. The van der Waals surface area contributed by atoms with Gasteiger partial charge in [0.25, 0.3) is 5.56 Å². The van der Waals surface area contributed by atoms with Gasteiger partial charge < -0.3 is 5.32 Å². The first-order valence-electron chi connectivity index (χ1n) is 9.31. The number of hydrogen-bond acceptors (Lipinski definition) is 6. The van der Waals surface area contributed by atoms with Crippen LogP contribution in [0.4, 0.5) is 0 Å². The zero-order chi connectivity index (χ0) is 19.6. The molecule has 0 radical (unpaired) electrons. The van der Waals surface area contributed by atoms with Gasteiger partial charge in [-0.1, -0.05) is 31.5 Å². The van der Waals surface area contributed by atoms with E-state index in [2.05, 4.69) is 15.3 Å². The van der Waals surface area contributed by atoms with Crippen molar-refractivity contribution < 1.29 is 4.79 Å². The van der Waals surface area contributed by atoms with Crippen molar-refractivity contribution in [1.82, 2.24) is 24.4 Å². The van der Waals surface area contributed by atoms with Crippen LogP contribution < -0.4 is 16.6 Å². The van der Waals surface area contributed by atoms with Crippen molar-refractivity contribution in [2.45, 2.75) is 50.0 Å². The van der Waals surface area contributed by atoms with E-state index in [1.165, 1.54) is 23.4 Å². The molecule has 0 spiro atoms. The van der Waals surface area contributed by atoms with Crippen molar-refractivity contribution >= 4 is 28.7 Å². The van der Waals surface area contributed by atoms with Crippen molar-refractivity contribution in [2.24, 2.45) is 14.1 Å². The summed E-state index contributed by atoms with van der Waals surface area (Å²) in [7, 11) is 3.05. The van der Waals surface area contributed by atoms with Gasteiger partial charge in [0, 0.05) is 26.6 Å². The molecule has 0 saturated heterocycles. The lowest BCUT2D eigenvalue weighted by Crippen LogP contribution is -2.38. The molecule has 1 N–H and O–H groups in total. The highest BCUT2D eigenvalue weighted by Crippen LogP contribution is 2.34. The molecule has 1 fully saturated rings. The summed E-state index contributed by atoms with van der Waals surface area (Å²) < 4.78 is 2.44. The summed E-state index contributed by atoms with van der Waals surface area (Å²) in [4.78, 5) is 46.3. The number of carbonyl (C=O) groups is 1. The molecule has 2 heterocycles. The molecule has 3 rings (SSSR count). The van der Waals surface area contributed by atoms with E-state index in [1.54, 1.807) is 7.05 Å². The minimum absolute atomic E-state index is 0.0994. The van der Waals surface area contributed by atoms with Crippen LogP contribution in [-0.2, 0) is 18.9 Å². The second-order valence-electron chi connectivity index (χ2n) is 6.91. The molecule has 0 aliphatic heterocycles. The molecule has 1 amide bonds. The largest absolute Gasteiger partial charge is 0.355 e. The Morgan fingerprint density at radius 1 is 1.19 bits per heavy atom. The van der Waals surface area contributed by atoms with Crippen LogP contribution in [0.2, 0.25) is 0 Å². The fourth-order valence-corrected chi connectivity index (χ4v) is 4.22. The van der Waals surface area contributed by atoms with E-state index < -0.39 is 11.2 Å². The van der Waals surface area contributed by atoms with E-state index in [-0.39, 0.29) is 17.6 Å². The highest BCUT2D eigenvalue weighted by molar-refractivity contribution is 8.00. The molecule has 0 aromatic carbocycles. The third kappa shape index (κ3) is 3.92. The highest BCUT2D eigenvalue weighted by atomic mass is 32.2. The van der Waals surface area contributed by atoms with Gasteiger partial charge in [0.2, 0.25) is 5.91 Å². The van der Waals surface area contributed by atoms with Gasteiger partial charge in [-0.25, -0.2) is 14.8 Å². The van der Waals surface area contributed by atoms with E-state index in [0.29, 0.717) is 28.4 Å². The number of amides is 1. The number of carbonyl (C=O) groups excluding carboxylic acids is 1. The van der Waals surface area contributed by atoms with Crippen LogP contribution in [-0.4, -0.2) is 37.3 Å². The molecule has 2 aromatic heterocycles. The second kappa shape index (κ2) is 8.24. The lowest BCUT2D eigenvalue weighted by molar-refractivity contribution is -0.118. The smallest absolute Gasteiger partial charge is 0.332 e. The number of aryl methyl sites for hydroxylation is 1. The number of nitrogens with one attached hydrogen (secondary N) is 1. The van der Waals surface area contributed by atoms with Gasteiger partial charge in [-0.15, -0.1) is 0 Å². The fraction of sp³-hybridized carbons (Fsp3) is 0.611. The van der Waals surface area contributed by atoms with Gasteiger partial charge in [-0.2, -0.15) is 0 Å². The number of fused-ring (bicyclic) bond motifs is 1. The Morgan fingerprint density at radius 2 is 1.89 bits per heavy atom. The molecule has 9 heteroatoms. The Balaban J connectivity index is 2.09. The predicted octanol–water partition coefficient (Wildman–Crippen LogP) is 1.30. The van der Waals surface area contributed by atoms with Gasteiger partial charge in [-0.05, 0) is 19.3 Å². The Morgan fingerprint density at radius 3 is 2.56 bits per heavy atom. The minimum Gasteiger partial charge on any atom is -0.355 e. The first kappa shape index (κ1) is 19.6. The van der Waals surface area contributed by atoms with Crippen LogP contribution in [0.25, 0.3) is 11.0 Å². The van der Waals surface area contributed by atoms with Crippen LogP contribution in [0.15, 0.2) is 14.6 Å². The lowest BCUT2D eigenvalue weighted by Gasteiger charge is -2.14. The quantitative estimate of drug-likeness (QED) is 0.589. The average Bonchev–Trinajstić information content (AvgIpc) is 3.21. The standard InChI is InChI=1S/C18H25N5O3S/c1-4-9-19-12(24)10-27-16-13-15(22(2)18(26)23(3)17(13)25)20-14(21-16)11-7-5-6-8-11/h11H,4-10H2,1-3H3,(H,19,24). The van der Waals surface area contributed by atoms with Gasteiger partial charge >= 0.3 is 5.69 Å². The predicted molar refractivity (Wildman–Crippen MR) is 105 cm³/mol. The summed E-state index contributed by atoms with van der Waals surface area (Å²) in [6, 6.07) is 0. The Hall–Kier alpha value is -2.16. The van der Waals surface area contributed by atoms with Crippen molar-refractivity contribution in [1.29, 1.82) is 0 Å². The maximum Gasteiger partial charge on any atom is 0.332 e. The second-order valence-corrected chi connectivity index (χ2v) is 7.88. The molecule has 146 valence electrons. The summed E-state index contributed by atoms with van der Waals surface area (Å²) in [5.41, 5.74) is -0.501. The normalized spacial score (nSPS) is 14.8. The SMILES string of the molecule is CCCNC(=O)CSc1nc(C2CCCC2)nc2c1c(=O)n(C)c(=O)n2C. The van der Waals surface area contributed by atoms with E-state index in [0.717, 1.165) is 36.7 Å². The third-order valence-electron chi connectivity index (χ3n) is 4.92. The number of thioether (sulfide) groups is 1. The molecule has 27 heavy (non-hydrogen) atoms. The van der Waals surface area contributed by atoms with Crippen LogP contribution in [0.5, 0.6) is 0 Å². The van der Waals surface area contributed by atoms with Crippen molar-refractivity contribution in [3.63, 3.8) is 0 Å². The van der Waals surface area contributed by atoms with Crippen LogP contribution in [0.3, 0.4) is 0 Å². The molecule has 1 saturated carbocycles. The van der Waals surface area contributed by atoms with Crippen LogP contribution >= 0.6 is 11.8 Å². The lowest BCUT2D eigenvalue weighted by atomic mass is 10.1. The summed E-state index contributed by atoms with van der Waals surface area (Å²) >= 11 is 1.23. The van der Waals surface area contributed by atoms with Gasteiger partial charge in [0.15, 0.2) is 5.65 Å². The van der Waals surface area contributed by atoms with Crippen LogP contribution in [0, 0.1) is 0 Å². The van der Waals surface area contributed by atoms with Crippen LogP contribution in [0.1, 0.15) is 50.8 Å². The molecule has 0 bridgehead atoms. The van der Waals surface area contributed by atoms with E-state index in [4.69, 9.17) is 0 Å². The van der Waals surface area contributed by atoms with Gasteiger partial charge in [0.05, 0.1) is 5.75 Å². The topological polar surface area (TPSA) is 98.9 Å². The number of rotatable bonds is 6. The summed E-state index contributed by atoms with van der Waals surface area (Å²) in [5, 5.41) is 3.60. The zero-order valence-corrected chi connectivity index (χ0v) is 16.8. The first-order valence-corrected chi connectivity index (χ1v) is 10.3. The number of nitrogens with zero attached hydrogens (tertiary/aromatic N) is 4. The number of hydrogen-bond donors (Lipinski definition) is 1. The summed E-state index contributed by atoms with van der Waals surface area (Å²) in [6.45, 7) is 2.61.